The zero-order valence-corrected chi connectivity index (χ0v) is 11.0. The number of hydrogen-bond donors (Lipinski definition) is 1. The molecule has 0 aliphatic rings. The number of hydrogen-bond acceptors (Lipinski definition) is 4. The Hall–Kier alpha value is -0.130. The Morgan fingerprint density at radius 2 is 1.87 bits per heavy atom. The van der Waals surface area contributed by atoms with E-state index in [1.807, 2.05) is 0 Å². The molecule has 0 saturated carbocycles. The van der Waals surface area contributed by atoms with E-state index in [4.69, 9.17) is 4.74 Å². The van der Waals surface area contributed by atoms with Gasteiger partial charge in [-0.15, -0.1) is 0 Å². The summed E-state index contributed by atoms with van der Waals surface area (Å²) < 4.78 is 27.0. The Bertz CT molecular complexity index is 260. The maximum absolute atomic E-state index is 11.4. The molecule has 0 aliphatic carbocycles. The molecule has 0 atom stereocenters. The van der Waals surface area contributed by atoms with Gasteiger partial charge < -0.3 is 10.1 Å². The summed E-state index contributed by atoms with van der Waals surface area (Å²) in [7, 11) is -1.31. The van der Waals surface area contributed by atoms with Crippen LogP contribution in [0.4, 0.5) is 0 Å². The van der Waals surface area contributed by atoms with Crippen LogP contribution in [0, 0.1) is 0 Å². The Kier molecular flexibility index (Phi) is 6.40. The molecule has 0 rings (SSSR count). The van der Waals surface area contributed by atoms with Gasteiger partial charge in [-0.1, -0.05) is 0 Å². The first-order valence-electron chi connectivity index (χ1n) is 5.20. The number of nitrogens with one attached hydrogen (secondary N) is 1. The second-order valence-corrected chi connectivity index (χ2v) is 7.06. The van der Waals surface area contributed by atoms with Gasteiger partial charge in [0.05, 0.1) is 4.75 Å². The Morgan fingerprint density at radius 3 is 2.33 bits per heavy atom. The summed E-state index contributed by atoms with van der Waals surface area (Å²) >= 11 is 0. The molecule has 4 nitrogen and oxygen atoms in total. The van der Waals surface area contributed by atoms with E-state index in [-0.39, 0.29) is 0 Å². The number of methoxy groups -OCH3 is 1. The van der Waals surface area contributed by atoms with Crippen molar-refractivity contribution in [3.05, 3.63) is 0 Å². The largest absolute Gasteiger partial charge is 0.385 e. The molecule has 0 aromatic heterocycles. The van der Waals surface area contributed by atoms with Crippen molar-refractivity contribution in [1.29, 1.82) is 0 Å². The first-order valence-corrected chi connectivity index (χ1v) is 7.09. The van der Waals surface area contributed by atoms with Crippen molar-refractivity contribution in [1.82, 2.24) is 5.32 Å². The van der Waals surface area contributed by atoms with Gasteiger partial charge in [0.1, 0.15) is 0 Å². The van der Waals surface area contributed by atoms with Crippen LogP contribution in [0.5, 0.6) is 0 Å². The van der Waals surface area contributed by atoms with Crippen LogP contribution in [0.15, 0.2) is 0 Å². The fourth-order valence-corrected chi connectivity index (χ4v) is 1.38. The molecular weight excluding hydrogens is 214 g/mol. The number of ether oxygens (including phenoxy) is 1. The van der Waals surface area contributed by atoms with E-state index in [0.29, 0.717) is 6.54 Å². The Morgan fingerprint density at radius 1 is 1.27 bits per heavy atom. The third-order valence-corrected chi connectivity index (χ3v) is 4.66. The van der Waals surface area contributed by atoms with Gasteiger partial charge in [-0.2, -0.15) is 0 Å². The first-order chi connectivity index (χ1) is 6.81. The van der Waals surface area contributed by atoms with Gasteiger partial charge in [-0.05, 0) is 33.2 Å². The lowest BCUT2D eigenvalue weighted by molar-refractivity contribution is 0.192. The summed E-state index contributed by atoms with van der Waals surface area (Å²) in [6, 6.07) is 0. The van der Waals surface area contributed by atoms with Gasteiger partial charge in [0.15, 0.2) is 9.84 Å². The van der Waals surface area contributed by atoms with Gasteiger partial charge in [0, 0.05) is 26.5 Å². The third-order valence-electron chi connectivity index (χ3n) is 2.51. The van der Waals surface area contributed by atoms with Crippen LogP contribution in [-0.4, -0.2) is 46.2 Å². The average molecular weight is 237 g/mol. The smallest absolute Gasteiger partial charge is 0.153 e. The van der Waals surface area contributed by atoms with Gasteiger partial charge in [-0.25, -0.2) is 8.42 Å². The van der Waals surface area contributed by atoms with E-state index in [2.05, 4.69) is 5.32 Å². The van der Waals surface area contributed by atoms with Crippen molar-refractivity contribution < 1.29 is 13.2 Å². The highest BCUT2D eigenvalue weighted by Gasteiger charge is 2.29. The number of unbranched alkanes of at least 4 members (excludes halogenated alkanes) is 1. The molecule has 0 saturated heterocycles. The Labute approximate surface area is 93.3 Å². The van der Waals surface area contributed by atoms with Crippen LogP contribution < -0.4 is 5.32 Å². The highest BCUT2D eigenvalue weighted by molar-refractivity contribution is 7.92. The average Bonchev–Trinajstić information content (AvgIpc) is 2.09. The molecule has 0 heterocycles. The van der Waals surface area contributed by atoms with E-state index in [0.717, 1.165) is 26.0 Å². The fraction of sp³-hybridized carbons (Fsp3) is 1.00. The van der Waals surface area contributed by atoms with Crippen LogP contribution in [0.3, 0.4) is 0 Å². The van der Waals surface area contributed by atoms with Crippen LogP contribution >= 0.6 is 0 Å². The maximum atomic E-state index is 11.4. The van der Waals surface area contributed by atoms with Crippen molar-refractivity contribution in [3.63, 3.8) is 0 Å². The third kappa shape index (κ3) is 6.12. The van der Waals surface area contributed by atoms with Gasteiger partial charge >= 0.3 is 0 Å². The lowest BCUT2D eigenvalue weighted by Crippen LogP contribution is -2.41. The molecule has 92 valence electrons. The van der Waals surface area contributed by atoms with Gasteiger partial charge in [0.2, 0.25) is 0 Å². The van der Waals surface area contributed by atoms with E-state index >= 15 is 0 Å². The predicted octanol–water partition coefficient (Wildman–Crippen LogP) is 0.826. The van der Waals surface area contributed by atoms with Gasteiger partial charge in [0.25, 0.3) is 0 Å². The molecule has 0 amide bonds. The minimum atomic E-state index is -2.99. The predicted molar refractivity (Wildman–Crippen MR) is 62.9 cm³/mol. The second kappa shape index (κ2) is 6.45. The molecule has 0 bridgehead atoms. The quantitative estimate of drug-likeness (QED) is 0.635. The molecule has 0 aromatic rings. The van der Waals surface area contributed by atoms with Crippen molar-refractivity contribution in [2.75, 3.05) is 33.1 Å². The summed E-state index contributed by atoms with van der Waals surface area (Å²) in [5.74, 6) is 0. The van der Waals surface area contributed by atoms with Crippen LogP contribution in [0.2, 0.25) is 0 Å². The summed E-state index contributed by atoms with van der Waals surface area (Å²) in [6.07, 6.45) is 3.29. The molecule has 0 unspecified atom stereocenters. The van der Waals surface area contributed by atoms with Crippen molar-refractivity contribution in [2.24, 2.45) is 0 Å². The van der Waals surface area contributed by atoms with Crippen molar-refractivity contribution >= 4 is 9.84 Å². The maximum Gasteiger partial charge on any atom is 0.153 e. The standard InChI is InChI=1S/C10H23NO3S/c1-10(2,15(4,12)13)9-11-7-5-6-8-14-3/h11H,5-9H2,1-4H3. The lowest BCUT2D eigenvalue weighted by Gasteiger charge is -2.22. The summed E-state index contributed by atoms with van der Waals surface area (Å²) in [6.45, 7) is 5.58. The molecule has 15 heavy (non-hydrogen) atoms. The number of sulfone groups is 1. The molecule has 0 aliphatic heterocycles. The van der Waals surface area contributed by atoms with E-state index in [1.165, 1.54) is 6.26 Å². The molecule has 0 radical (unpaired) electrons. The zero-order valence-electron chi connectivity index (χ0n) is 10.2. The van der Waals surface area contributed by atoms with Crippen LogP contribution in [0.25, 0.3) is 0 Å². The Balaban J connectivity index is 3.68. The lowest BCUT2D eigenvalue weighted by atomic mass is 10.2. The summed E-state index contributed by atoms with van der Waals surface area (Å²) in [5.41, 5.74) is 0. The van der Waals surface area contributed by atoms with Crippen molar-refractivity contribution in [2.45, 2.75) is 31.4 Å². The number of rotatable bonds is 8. The molecule has 0 aromatic carbocycles. The minimum Gasteiger partial charge on any atom is -0.385 e. The van der Waals surface area contributed by atoms with E-state index in [1.54, 1.807) is 21.0 Å². The summed E-state index contributed by atoms with van der Waals surface area (Å²) in [5, 5.41) is 3.16. The summed E-state index contributed by atoms with van der Waals surface area (Å²) in [4.78, 5) is 0. The zero-order chi connectivity index (χ0) is 11.9. The molecule has 0 fully saturated rings. The molecule has 5 heteroatoms. The van der Waals surface area contributed by atoms with Crippen molar-refractivity contribution in [3.8, 4) is 0 Å². The highest BCUT2D eigenvalue weighted by Crippen LogP contribution is 2.13. The van der Waals surface area contributed by atoms with Gasteiger partial charge in [-0.3, -0.25) is 0 Å². The van der Waals surface area contributed by atoms with E-state index in [9.17, 15) is 8.42 Å². The monoisotopic (exact) mass is 237 g/mol. The molecule has 0 spiro atoms. The molecular formula is C10H23NO3S. The molecule has 1 N–H and O–H groups in total. The minimum absolute atomic E-state index is 0.499. The normalized spacial score (nSPS) is 13.1. The van der Waals surface area contributed by atoms with Crippen LogP contribution in [0.1, 0.15) is 26.7 Å². The second-order valence-electron chi connectivity index (χ2n) is 4.41. The highest BCUT2D eigenvalue weighted by atomic mass is 32.2. The van der Waals surface area contributed by atoms with Crippen LogP contribution in [-0.2, 0) is 14.6 Å². The fourth-order valence-electron chi connectivity index (χ4n) is 1.02. The SMILES string of the molecule is COCCCCNCC(C)(C)S(C)(=O)=O. The first kappa shape index (κ1) is 14.9. The van der Waals surface area contributed by atoms with E-state index < -0.39 is 14.6 Å². The topological polar surface area (TPSA) is 55.4 Å².